The van der Waals surface area contributed by atoms with Crippen LogP contribution in [0.5, 0.6) is 0 Å². The van der Waals surface area contributed by atoms with Crippen LogP contribution in [0.4, 0.5) is 18.9 Å². The lowest BCUT2D eigenvalue weighted by atomic mass is 10.2. The summed E-state index contributed by atoms with van der Waals surface area (Å²) in [6, 6.07) is 7.96. The quantitative estimate of drug-likeness (QED) is 0.507. The zero-order valence-corrected chi connectivity index (χ0v) is 17.1. The van der Waals surface area contributed by atoms with E-state index < -0.39 is 12.1 Å². The van der Waals surface area contributed by atoms with Gasteiger partial charge in [-0.2, -0.15) is 13.2 Å². The minimum atomic E-state index is -5.19. The van der Waals surface area contributed by atoms with Crippen LogP contribution in [0.1, 0.15) is 45.6 Å². The second-order valence-corrected chi connectivity index (χ2v) is 6.67. The molecule has 1 amide bonds. The highest BCUT2D eigenvalue weighted by atomic mass is 19.4. The van der Waals surface area contributed by atoms with E-state index in [0.29, 0.717) is 6.42 Å². The molecule has 1 N–H and O–H groups in total. The lowest BCUT2D eigenvalue weighted by Gasteiger charge is -2.35. The maximum Gasteiger partial charge on any atom is 0.430 e. The van der Waals surface area contributed by atoms with Crippen molar-refractivity contribution in [2.75, 3.05) is 31.5 Å². The molecular formula is C20H31F3N2O3. The molecule has 0 aliphatic rings. The molecule has 0 spiro atoms. The number of hydrogen-bond donors (Lipinski definition) is 1. The van der Waals surface area contributed by atoms with E-state index in [-0.39, 0.29) is 5.91 Å². The molecule has 0 saturated heterocycles. The number of aryl methyl sites for hydroxylation is 1. The molecule has 0 aliphatic carbocycles. The van der Waals surface area contributed by atoms with Crippen LogP contribution in [0.15, 0.2) is 24.3 Å². The van der Waals surface area contributed by atoms with Crippen LogP contribution in [-0.2, 0) is 9.59 Å². The second kappa shape index (κ2) is 12.4. The number of carbonyl (C=O) groups excluding carboxylic acids is 2. The molecule has 0 unspecified atom stereocenters. The number of nitrogens with zero attached hydrogens (tertiary/aromatic N) is 1. The molecule has 0 bridgehead atoms. The Hall–Kier alpha value is -2.09. The summed E-state index contributed by atoms with van der Waals surface area (Å²) in [5.41, 5.74) is 2.07. The molecular weight excluding hydrogens is 373 g/mol. The van der Waals surface area contributed by atoms with Crippen LogP contribution in [0.25, 0.3) is 0 Å². The van der Waals surface area contributed by atoms with E-state index in [1.165, 1.54) is 36.2 Å². The van der Waals surface area contributed by atoms with Gasteiger partial charge in [-0.1, -0.05) is 12.1 Å². The summed E-state index contributed by atoms with van der Waals surface area (Å²) in [6.45, 7) is 13.6. The van der Waals surface area contributed by atoms with Gasteiger partial charge >= 0.3 is 6.18 Å². The third-order valence-corrected chi connectivity index (χ3v) is 4.83. The van der Waals surface area contributed by atoms with Crippen molar-refractivity contribution in [3.8, 4) is 0 Å². The summed E-state index contributed by atoms with van der Waals surface area (Å²) in [5.74, 6) is -2.88. The molecule has 1 aromatic carbocycles. The van der Waals surface area contributed by atoms with E-state index >= 15 is 0 Å². The van der Waals surface area contributed by atoms with Gasteiger partial charge in [-0.25, -0.2) is 0 Å². The van der Waals surface area contributed by atoms with Gasteiger partial charge in [0.2, 0.25) is 5.91 Å². The second-order valence-electron chi connectivity index (χ2n) is 6.67. The normalized spacial score (nSPS) is 11.4. The molecule has 0 aromatic heterocycles. The summed E-state index contributed by atoms with van der Waals surface area (Å²) < 4.78 is 32.7. The summed E-state index contributed by atoms with van der Waals surface area (Å²) in [4.78, 5) is 20.7. The third-order valence-electron chi connectivity index (χ3n) is 4.83. The number of aliphatic carboxylic acids is 1. The SMILES string of the molecule is CC[N+](CC)(CC)CCCCC(=O)Nc1cccc(C)c1.O=C([O-])C(F)(F)F. The first-order valence-corrected chi connectivity index (χ1v) is 9.49. The number of benzene rings is 1. The number of rotatable bonds is 9. The van der Waals surface area contributed by atoms with Gasteiger partial charge in [-0.05, 0) is 58.2 Å². The first kappa shape index (κ1) is 25.9. The van der Waals surface area contributed by atoms with E-state index in [2.05, 4.69) is 26.1 Å². The standard InChI is InChI=1S/C18H30N2O.C2HF3O2/c1-5-20(6-2,7-3)14-9-8-13-18(21)19-17-12-10-11-16(4)15-17;3-2(4,5)1(6)7/h10-12,15H,5-9,13-14H2,1-4H3;(H,6,7). The van der Waals surface area contributed by atoms with E-state index in [1.54, 1.807) is 0 Å². The Kier molecular flexibility index (Phi) is 11.5. The van der Waals surface area contributed by atoms with Gasteiger partial charge in [0.15, 0.2) is 0 Å². The Morgan fingerprint density at radius 1 is 1.07 bits per heavy atom. The van der Waals surface area contributed by atoms with Crippen molar-refractivity contribution < 1.29 is 32.3 Å². The molecule has 5 nitrogen and oxygen atoms in total. The topological polar surface area (TPSA) is 69.2 Å². The Bertz CT molecular complexity index is 607. The van der Waals surface area contributed by atoms with Gasteiger partial charge in [-0.15, -0.1) is 0 Å². The number of anilines is 1. The van der Waals surface area contributed by atoms with Crippen LogP contribution in [0.2, 0.25) is 0 Å². The fraction of sp³-hybridized carbons (Fsp3) is 0.600. The number of hydrogen-bond acceptors (Lipinski definition) is 3. The number of halogens is 3. The number of alkyl halides is 3. The van der Waals surface area contributed by atoms with Crippen molar-refractivity contribution in [2.45, 2.75) is 53.1 Å². The van der Waals surface area contributed by atoms with Gasteiger partial charge in [-0.3, -0.25) is 4.79 Å². The van der Waals surface area contributed by atoms with Crippen molar-refractivity contribution >= 4 is 17.6 Å². The van der Waals surface area contributed by atoms with E-state index in [4.69, 9.17) is 9.90 Å². The smallest absolute Gasteiger partial charge is 0.430 e. The van der Waals surface area contributed by atoms with Crippen LogP contribution in [0.3, 0.4) is 0 Å². The summed E-state index contributed by atoms with van der Waals surface area (Å²) >= 11 is 0. The van der Waals surface area contributed by atoms with Crippen molar-refractivity contribution in [2.24, 2.45) is 0 Å². The zero-order valence-electron chi connectivity index (χ0n) is 17.1. The predicted molar refractivity (Wildman–Crippen MR) is 101 cm³/mol. The monoisotopic (exact) mass is 404 g/mol. The summed E-state index contributed by atoms with van der Waals surface area (Å²) in [6.07, 6.45) is -2.49. The molecule has 0 radical (unpaired) electrons. The van der Waals surface area contributed by atoms with E-state index in [9.17, 15) is 18.0 Å². The molecule has 0 aliphatic heterocycles. The Morgan fingerprint density at radius 2 is 1.61 bits per heavy atom. The van der Waals surface area contributed by atoms with Crippen molar-refractivity contribution in [3.63, 3.8) is 0 Å². The predicted octanol–water partition coefficient (Wildman–Crippen LogP) is 3.28. The maximum absolute atomic E-state index is 11.9. The molecule has 8 heteroatoms. The number of unbranched alkanes of at least 4 members (excludes halogenated alkanes) is 1. The third kappa shape index (κ3) is 10.3. The van der Waals surface area contributed by atoms with Crippen LogP contribution >= 0.6 is 0 Å². The fourth-order valence-corrected chi connectivity index (χ4v) is 2.82. The van der Waals surface area contributed by atoms with Gasteiger partial charge in [0.25, 0.3) is 0 Å². The van der Waals surface area contributed by atoms with E-state index in [1.807, 2.05) is 31.2 Å². The van der Waals surface area contributed by atoms with Crippen molar-refractivity contribution in [1.82, 2.24) is 0 Å². The van der Waals surface area contributed by atoms with Gasteiger partial charge in [0.05, 0.1) is 26.2 Å². The van der Waals surface area contributed by atoms with Crippen molar-refractivity contribution in [3.05, 3.63) is 29.8 Å². The molecule has 0 saturated carbocycles. The Labute approximate surface area is 165 Å². The minimum Gasteiger partial charge on any atom is -0.542 e. The number of quaternary nitrogens is 1. The molecule has 1 aromatic rings. The average molecular weight is 404 g/mol. The van der Waals surface area contributed by atoms with Crippen LogP contribution in [-0.4, -0.2) is 48.7 Å². The average Bonchev–Trinajstić information content (AvgIpc) is 2.62. The molecule has 0 atom stereocenters. The first-order chi connectivity index (χ1) is 13.0. The molecule has 0 fully saturated rings. The number of amides is 1. The number of carboxylic acids is 1. The number of carboxylic acid groups (broad SMARTS) is 1. The molecule has 28 heavy (non-hydrogen) atoms. The van der Waals surface area contributed by atoms with Crippen molar-refractivity contribution in [1.29, 1.82) is 0 Å². The lowest BCUT2D eigenvalue weighted by Crippen LogP contribution is -2.48. The summed E-state index contributed by atoms with van der Waals surface area (Å²) in [7, 11) is 0. The minimum absolute atomic E-state index is 0.128. The largest absolute Gasteiger partial charge is 0.542 e. The summed E-state index contributed by atoms with van der Waals surface area (Å²) in [5, 5.41) is 11.8. The highest BCUT2D eigenvalue weighted by Gasteiger charge is 2.28. The van der Waals surface area contributed by atoms with Crippen LogP contribution < -0.4 is 10.4 Å². The lowest BCUT2D eigenvalue weighted by molar-refractivity contribution is -0.923. The highest BCUT2D eigenvalue weighted by molar-refractivity contribution is 5.90. The Balaban J connectivity index is 0.000000887. The molecule has 1 rings (SSSR count). The van der Waals surface area contributed by atoms with Gasteiger partial charge in [0.1, 0.15) is 5.97 Å². The molecule has 160 valence electrons. The first-order valence-electron chi connectivity index (χ1n) is 9.49. The zero-order chi connectivity index (χ0) is 21.8. The molecule has 0 heterocycles. The number of carbonyl (C=O) groups is 2. The van der Waals surface area contributed by atoms with Gasteiger partial charge in [0, 0.05) is 12.1 Å². The highest BCUT2D eigenvalue weighted by Crippen LogP contribution is 2.13. The number of nitrogens with one attached hydrogen (secondary N) is 1. The Morgan fingerprint density at radius 3 is 2.04 bits per heavy atom. The maximum atomic E-state index is 11.9. The van der Waals surface area contributed by atoms with Crippen LogP contribution in [0, 0.1) is 6.92 Å². The van der Waals surface area contributed by atoms with E-state index in [0.717, 1.165) is 18.5 Å². The fourth-order valence-electron chi connectivity index (χ4n) is 2.82. The van der Waals surface area contributed by atoms with Gasteiger partial charge < -0.3 is 19.7 Å².